The highest BCUT2D eigenvalue weighted by Gasteiger charge is 2.14. The Morgan fingerprint density at radius 3 is 2.63 bits per heavy atom. The van der Waals surface area contributed by atoms with Crippen molar-refractivity contribution < 1.29 is 4.39 Å². The summed E-state index contributed by atoms with van der Waals surface area (Å²) >= 11 is 0. The predicted molar refractivity (Wildman–Crippen MR) is 75.6 cm³/mol. The minimum Gasteiger partial charge on any atom is -0.370 e. The average molecular weight is 259 g/mol. The zero-order valence-electron chi connectivity index (χ0n) is 11.3. The van der Waals surface area contributed by atoms with Crippen LogP contribution in [0.1, 0.15) is 25.8 Å². The molecule has 1 aromatic heterocycles. The summed E-state index contributed by atoms with van der Waals surface area (Å²) in [5.41, 5.74) is 2.20. The summed E-state index contributed by atoms with van der Waals surface area (Å²) in [6, 6.07) is 6.72. The molecule has 0 aliphatic heterocycles. The highest BCUT2D eigenvalue weighted by molar-refractivity contribution is 5.68. The maximum absolute atomic E-state index is 13.9. The largest absolute Gasteiger partial charge is 0.370 e. The van der Waals surface area contributed by atoms with Gasteiger partial charge in [0, 0.05) is 17.7 Å². The molecule has 0 aliphatic carbocycles. The van der Waals surface area contributed by atoms with E-state index in [2.05, 4.69) is 22.2 Å². The van der Waals surface area contributed by atoms with Gasteiger partial charge in [0.25, 0.3) is 0 Å². The van der Waals surface area contributed by atoms with Crippen molar-refractivity contribution in [1.82, 2.24) is 9.97 Å². The van der Waals surface area contributed by atoms with Crippen molar-refractivity contribution in [2.75, 3.05) is 11.9 Å². The minimum atomic E-state index is -0.249. The lowest BCUT2D eigenvalue weighted by Crippen LogP contribution is -2.06. The molecule has 0 fully saturated rings. The van der Waals surface area contributed by atoms with Gasteiger partial charge in [0.1, 0.15) is 18.0 Å². The first-order valence-corrected chi connectivity index (χ1v) is 6.60. The zero-order chi connectivity index (χ0) is 13.7. The molecule has 0 spiro atoms. The monoisotopic (exact) mass is 259 g/mol. The van der Waals surface area contributed by atoms with Gasteiger partial charge < -0.3 is 5.32 Å². The molecule has 0 aliphatic rings. The summed E-state index contributed by atoms with van der Waals surface area (Å²) in [5.74, 6) is 0.554. The van der Waals surface area contributed by atoms with Gasteiger partial charge in [-0.1, -0.05) is 25.5 Å². The molecule has 0 unspecified atom stereocenters. The van der Waals surface area contributed by atoms with Crippen LogP contribution in [-0.2, 0) is 6.42 Å². The number of rotatable bonds is 5. The Balaban J connectivity index is 2.56. The van der Waals surface area contributed by atoms with Gasteiger partial charge in [0.15, 0.2) is 0 Å². The van der Waals surface area contributed by atoms with Crippen molar-refractivity contribution in [3.05, 3.63) is 42.0 Å². The number of hydrogen-bond donors (Lipinski definition) is 1. The lowest BCUT2D eigenvalue weighted by Gasteiger charge is -2.13. The number of nitrogens with one attached hydrogen (secondary N) is 1. The van der Waals surface area contributed by atoms with Gasteiger partial charge in [-0.05, 0) is 25.5 Å². The average Bonchev–Trinajstić information content (AvgIpc) is 2.42. The molecule has 0 saturated carbocycles. The molecule has 0 atom stereocenters. The van der Waals surface area contributed by atoms with E-state index in [0.717, 1.165) is 30.8 Å². The van der Waals surface area contributed by atoms with Crippen molar-refractivity contribution in [3.8, 4) is 11.3 Å². The van der Waals surface area contributed by atoms with Gasteiger partial charge in [-0.25, -0.2) is 14.4 Å². The van der Waals surface area contributed by atoms with Crippen molar-refractivity contribution >= 4 is 5.82 Å². The summed E-state index contributed by atoms with van der Waals surface area (Å²) in [7, 11) is 0. The molecule has 1 aromatic carbocycles. The fourth-order valence-corrected chi connectivity index (χ4v) is 2.10. The zero-order valence-corrected chi connectivity index (χ0v) is 11.3. The molecule has 0 amide bonds. The van der Waals surface area contributed by atoms with Crippen LogP contribution in [0.5, 0.6) is 0 Å². The van der Waals surface area contributed by atoms with E-state index in [1.165, 1.54) is 12.4 Å². The van der Waals surface area contributed by atoms with Crippen LogP contribution in [0.15, 0.2) is 30.6 Å². The van der Waals surface area contributed by atoms with Gasteiger partial charge in [-0.15, -0.1) is 0 Å². The Bertz CT molecular complexity index is 555. The Hall–Kier alpha value is -1.97. The lowest BCUT2D eigenvalue weighted by atomic mass is 10.0. The molecule has 0 saturated heterocycles. The van der Waals surface area contributed by atoms with E-state index in [-0.39, 0.29) is 5.82 Å². The van der Waals surface area contributed by atoms with Gasteiger partial charge in [0.05, 0.1) is 5.69 Å². The number of benzene rings is 1. The van der Waals surface area contributed by atoms with Crippen LogP contribution in [0, 0.1) is 5.82 Å². The Labute approximate surface area is 112 Å². The van der Waals surface area contributed by atoms with E-state index in [0.29, 0.717) is 11.3 Å². The van der Waals surface area contributed by atoms with Crippen LogP contribution in [0.4, 0.5) is 10.2 Å². The summed E-state index contributed by atoms with van der Waals surface area (Å²) in [6.45, 7) is 4.89. The third-order valence-corrected chi connectivity index (χ3v) is 2.92. The predicted octanol–water partition coefficient (Wildman–Crippen LogP) is 3.67. The highest BCUT2D eigenvalue weighted by atomic mass is 19.1. The molecule has 0 bridgehead atoms. The van der Waals surface area contributed by atoms with E-state index >= 15 is 0 Å². The van der Waals surface area contributed by atoms with Crippen molar-refractivity contribution in [3.63, 3.8) is 0 Å². The Morgan fingerprint density at radius 2 is 1.95 bits per heavy atom. The first-order chi connectivity index (χ1) is 9.27. The van der Waals surface area contributed by atoms with Crippen LogP contribution in [0.25, 0.3) is 11.3 Å². The summed E-state index contributed by atoms with van der Waals surface area (Å²) in [6.07, 6.45) is 3.28. The molecular weight excluding hydrogens is 241 g/mol. The maximum Gasteiger partial charge on any atom is 0.133 e. The molecule has 3 nitrogen and oxygen atoms in total. The Kier molecular flexibility index (Phi) is 4.44. The van der Waals surface area contributed by atoms with Crippen LogP contribution in [-0.4, -0.2) is 16.5 Å². The van der Waals surface area contributed by atoms with E-state index in [4.69, 9.17) is 0 Å². The molecular formula is C15H18FN3. The quantitative estimate of drug-likeness (QED) is 0.890. The number of halogens is 1. The molecule has 0 radical (unpaired) electrons. The second-order valence-electron chi connectivity index (χ2n) is 4.31. The van der Waals surface area contributed by atoms with Gasteiger partial charge in [-0.2, -0.15) is 0 Å². The van der Waals surface area contributed by atoms with E-state index in [1.54, 1.807) is 12.1 Å². The normalized spacial score (nSPS) is 10.5. The fourth-order valence-electron chi connectivity index (χ4n) is 2.10. The van der Waals surface area contributed by atoms with Crippen LogP contribution >= 0.6 is 0 Å². The van der Waals surface area contributed by atoms with Gasteiger partial charge in [0.2, 0.25) is 0 Å². The van der Waals surface area contributed by atoms with Gasteiger partial charge in [-0.3, -0.25) is 0 Å². The topological polar surface area (TPSA) is 37.8 Å². The minimum absolute atomic E-state index is 0.249. The molecule has 100 valence electrons. The molecule has 2 aromatic rings. The second-order valence-corrected chi connectivity index (χ2v) is 4.31. The Morgan fingerprint density at radius 1 is 1.16 bits per heavy atom. The van der Waals surface area contributed by atoms with Crippen molar-refractivity contribution in [1.29, 1.82) is 0 Å². The number of hydrogen-bond acceptors (Lipinski definition) is 3. The third-order valence-electron chi connectivity index (χ3n) is 2.92. The van der Waals surface area contributed by atoms with Crippen LogP contribution in [0.3, 0.4) is 0 Å². The number of anilines is 1. The molecule has 2 rings (SSSR count). The van der Waals surface area contributed by atoms with Crippen molar-refractivity contribution in [2.24, 2.45) is 0 Å². The standard InChI is InChI=1S/C15H18FN3/c1-3-7-12-14(11-8-5-6-9-13(11)16)18-10-19-15(12)17-4-2/h5-6,8-10H,3-4,7H2,1-2H3,(H,17,18,19). The molecule has 1 N–H and O–H groups in total. The van der Waals surface area contributed by atoms with Crippen LogP contribution in [0.2, 0.25) is 0 Å². The smallest absolute Gasteiger partial charge is 0.133 e. The van der Waals surface area contributed by atoms with E-state index < -0.39 is 0 Å². The van der Waals surface area contributed by atoms with E-state index in [1.807, 2.05) is 13.0 Å². The van der Waals surface area contributed by atoms with Crippen LogP contribution < -0.4 is 5.32 Å². The SMILES string of the molecule is CCCc1c(NCC)ncnc1-c1ccccc1F. The number of aromatic nitrogens is 2. The first kappa shape index (κ1) is 13.5. The molecule has 1 heterocycles. The fraction of sp³-hybridized carbons (Fsp3) is 0.333. The summed E-state index contributed by atoms with van der Waals surface area (Å²) < 4.78 is 13.9. The second kappa shape index (κ2) is 6.27. The van der Waals surface area contributed by atoms with E-state index in [9.17, 15) is 4.39 Å². The highest BCUT2D eigenvalue weighted by Crippen LogP contribution is 2.28. The summed E-state index contributed by atoms with van der Waals surface area (Å²) in [5, 5.41) is 3.22. The van der Waals surface area contributed by atoms with Crippen molar-refractivity contribution in [2.45, 2.75) is 26.7 Å². The lowest BCUT2D eigenvalue weighted by molar-refractivity contribution is 0.630. The third kappa shape index (κ3) is 2.89. The summed E-state index contributed by atoms with van der Waals surface area (Å²) in [4.78, 5) is 8.54. The first-order valence-electron chi connectivity index (χ1n) is 6.60. The molecule has 4 heteroatoms. The number of nitrogens with zero attached hydrogens (tertiary/aromatic N) is 2. The van der Waals surface area contributed by atoms with Gasteiger partial charge >= 0.3 is 0 Å². The molecule has 19 heavy (non-hydrogen) atoms. The maximum atomic E-state index is 13.9.